The van der Waals surface area contributed by atoms with Crippen molar-refractivity contribution in [3.63, 3.8) is 0 Å². The lowest BCUT2D eigenvalue weighted by Gasteiger charge is -2.22. The molecule has 2 N–H and O–H groups in total. The van der Waals surface area contributed by atoms with E-state index in [1.54, 1.807) is 0 Å². The first-order valence-corrected chi connectivity index (χ1v) is 8.90. The number of guanidine groups is 1. The molecule has 2 aliphatic rings. The first-order chi connectivity index (χ1) is 9.22. The van der Waals surface area contributed by atoms with Crippen molar-refractivity contribution in [3.05, 3.63) is 0 Å². The summed E-state index contributed by atoms with van der Waals surface area (Å²) in [4.78, 5) is 4.81. The van der Waals surface area contributed by atoms with Gasteiger partial charge in [0.15, 0.2) is 5.96 Å². The maximum Gasteiger partial charge on any atom is 0.191 e. The van der Waals surface area contributed by atoms with Gasteiger partial charge < -0.3 is 10.6 Å². The second-order valence-corrected chi connectivity index (χ2v) is 7.64. The van der Waals surface area contributed by atoms with Crippen molar-refractivity contribution in [1.29, 1.82) is 0 Å². The molecule has 0 aromatic heterocycles. The van der Waals surface area contributed by atoms with Crippen LogP contribution in [0.4, 0.5) is 0 Å². The maximum atomic E-state index is 4.81. The molecule has 1 heterocycles. The zero-order chi connectivity index (χ0) is 13.6. The summed E-state index contributed by atoms with van der Waals surface area (Å²) in [5, 5.41) is 7.68. The van der Waals surface area contributed by atoms with Crippen LogP contribution in [0.1, 0.15) is 52.4 Å². The van der Waals surface area contributed by atoms with Gasteiger partial charge in [0.1, 0.15) is 0 Å². The third-order valence-corrected chi connectivity index (χ3v) is 5.69. The Morgan fingerprint density at radius 1 is 1.26 bits per heavy atom. The average molecular weight is 283 g/mol. The number of rotatable bonds is 5. The second kappa shape index (κ2) is 7.41. The van der Waals surface area contributed by atoms with Gasteiger partial charge in [-0.25, -0.2) is 0 Å². The lowest BCUT2D eigenvalue weighted by atomic mass is 9.89. The van der Waals surface area contributed by atoms with Crippen LogP contribution in [0.25, 0.3) is 0 Å². The maximum absolute atomic E-state index is 4.81. The van der Waals surface area contributed by atoms with Gasteiger partial charge in [0.05, 0.1) is 0 Å². The smallest absolute Gasteiger partial charge is 0.191 e. The van der Waals surface area contributed by atoms with Crippen molar-refractivity contribution >= 4 is 17.7 Å². The Morgan fingerprint density at radius 3 is 2.68 bits per heavy atom. The SMILES string of the molecule is CCNC(=NCC1(C)CCCC1)NCC1CCCS1. The molecule has 4 heteroatoms. The topological polar surface area (TPSA) is 36.4 Å². The summed E-state index contributed by atoms with van der Waals surface area (Å²) in [6.45, 7) is 7.51. The van der Waals surface area contributed by atoms with Gasteiger partial charge in [0.2, 0.25) is 0 Å². The molecular formula is C15H29N3S. The van der Waals surface area contributed by atoms with Gasteiger partial charge in [-0.3, -0.25) is 4.99 Å². The molecule has 0 aromatic carbocycles. The van der Waals surface area contributed by atoms with Crippen LogP contribution in [0.3, 0.4) is 0 Å². The van der Waals surface area contributed by atoms with E-state index in [-0.39, 0.29) is 0 Å². The van der Waals surface area contributed by atoms with Crippen LogP contribution >= 0.6 is 11.8 Å². The van der Waals surface area contributed by atoms with E-state index >= 15 is 0 Å². The molecular weight excluding hydrogens is 254 g/mol. The average Bonchev–Trinajstić information content (AvgIpc) is 3.05. The van der Waals surface area contributed by atoms with Crippen LogP contribution in [-0.4, -0.2) is 36.6 Å². The minimum Gasteiger partial charge on any atom is -0.357 e. The van der Waals surface area contributed by atoms with Gasteiger partial charge in [-0.2, -0.15) is 11.8 Å². The first kappa shape index (κ1) is 15.0. The van der Waals surface area contributed by atoms with Crippen LogP contribution in [0, 0.1) is 5.41 Å². The molecule has 1 saturated carbocycles. The molecule has 19 heavy (non-hydrogen) atoms. The highest BCUT2D eigenvalue weighted by Crippen LogP contribution is 2.37. The van der Waals surface area contributed by atoms with E-state index in [1.165, 1.54) is 44.3 Å². The highest BCUT2D eigenvalue weighted by molar-refractivity contribution is 8.00. The number of hydrogen-bond donors (Lipinski definition) is 2. The molecule has 1 aliphatic heterocycles. The number of nitrogens with zero attached hydrogens (tertiary/aromatic N) is 1. The molecule has 0 aromatic rings. The Bertz CT molecular complexity index is 292. The monoisotopic (exact) mass is 283 g/mol. The molecule has 1 aliphatic carbocycles. The van der Waals surface area contributed by atoms with E-state index < -0.39 is 0 Å². The van der Waals surface area contributed by atoms with Crippen LogP contribution in [0.5, 0.6) is 0 Å². The molecule has 1 atom stereocenters. The van der Waals surface area contributed by atoms with Gasteiger partial charge in [0, 0.05) is 24.9 Å². The Morgan fingerprint density at radius 2 is 2.05 bits per heavy atom. The number of aliphatic imine (C=N–C) groups is 1. The fourth-order valence-corrected chi connectivity index (χ4v) is 4.22. The van der Waals surface area contributed by atoms with E-state index in [2.05, 4.69) is 36.2 Å². The third-order valence-electron chi connectivity index (χ3n) is 4.29. The normalized spacial score (nSPS) is 26.6. The van der Waals surface area contributed by atoms with E-state index in [0.717, 1.165) is 30.8 Å². The summed E-state index contributed by atoms with van der Waals surface area (Å²) in [6.07, 6.45) is 8.18. The van der Waals surface area contributed by atoms with Crippen LogP contribution in [-0.2, 0) is 0 Å². The zero-order valence-electron chi connectivity index (χ0n) is 12.5. The predicted molar refractivity (Wildman–Crippen MR) is 86.0 cm³/mol. The molecule has 1 saturated heterocycles. The summed E-state index contributed by atoms with van der Waals surface area (Å²) in [7, 11) is 0. The molecule has 110 valence electrons. The standard InChI is InChI=1S/C15H29N3S/c1-3-16-14(17-11-13-7-6-10-19-13)18-12-15(2)8-4-5-9-15/h13H,3-12H2,1-2H3,(H2,16,17,18). The van der Waals surface area contributed by atoms with Gasteiger partial charge in [-0.1, -0.05) is 19.8 Å². The second-order valence-electron chi connectivity index (χ2n) is 6.23. The molecule has 1 unspecified atom stereocenters. The molecule has 0 spiro atoms. The van der Waals surface area contributed by atoms with Crippen molar-refractivity contribution < 1.29 is 0 Å². The Labute approximate surface area is 122 Å². The minimum absolute atomic E-state index is 0.449. The highest BCUT2D eigenvalue weighted by atomic mass is 32.2. The minimum atomic E-state index is 0.449. The third kappa shape index (κ3) is 4.90. The van der Waals surface area contributed by atoms with Crippen LogP contribution in [0.15, 0.2) is 4.99 Å². The summed E-state index contributed by atoms with van der Waals surface area (Å²) >= 11 is 2.10. The summed E-state index contributed by atoms with van der Waals surface area (Å²) in [5.74, 6) is 2.35. The van der Waals surface area contributed by atoms with Crippen molar-refractivity contribution in [3.8, 4) is 0 Å². The van der Waals surface area contributed by atoms with Crippen molar-refractivity contribution in [2.24, 2.45) is 10.4 Å². The lowest BCUT2D eigenvalue weighted by Crippen LogP contribution is -2.40. The fourth-order valence-electron chi connectivity index (χ4n) is 3.01. The number of hydrogen-bond acceptors (Lipinski definition) is 2. The quantitative estimate of drug-likeness (QED) is 0.601. The zero-order valence-corrected chi connectivity index (χ0v) is 13.3. The molecule has 2 fully saturated rings. The van der Waals surface area contributed by atoms with Crippen LogP contribution in [0.2, 0.25) is 0 Å². The number of nitrogens with one attached hydrogen (secondary N) is 2. The van der Waals surface area contributed by atoms with Crippen molar-refractivity contribution in [2.45, 2.75) is 57.6 Å². The molecule has 0 bridgehead atoms. The van der Waals surface area contributed by atoms with Crippen molar-refractivity contribution in [2.75, 3.05) is 25.4 Å². The van der Waals surface area contributed by atoms with Gasteiger partial charge in [0.25, 0.3) is 0 Å². The summed E-state index contributed by atoms with van der Waals surface area (Å²) in [5.41, 5.74) is 0.449. The fraction of sp³-hybridized carbons (Fsp3) is 0.933. The predicted octanol–water partition coefficient (Wildman–Crippen LogP) is 3.02. The van der Waals surface area contributed by atoms with Crippen LogP contribution < -0.4 is 10.6 Å². The summed E-state index contributed by atoms with van der Waals surface area (Å²) in [6, 6.07) is 0. The van der Waals surface area contributed by atoms with E-state index in [4.69, 9.17) is 4.99 Å². The number of thioether (sulfide) groups is 1. The summed E-state index contributed by atoms with van der Waals surface area (Å²) < 4.78 is 0. The van der Waals surface area contributed by atoms with Gasteiger partial charge in [-0.15, -0.1) is 0 Å². The highest BCUT2D eigenvalue weighted by Gasteiger charge is 2.28. The largest absolute Gasteiger partial charge is 0.357 e. The first-order valence-electron chi connectivity index (χ1n) is 7.86. The van der Waals surface area contributed by atoms with E-state index in [1.807, 2.05) is 0 Å². The molecule has 0 radical (unpaired) electrons. The Hall–Kier alpha value is -0.380. The molecule has 0 amide bonds. The molecule has 3 nitrogen and oxygen atoms in total. The Kier molecular flexibility index (Phi) is 5.86. The lowest BCUT2D eigenvalue weighted by molar-refractivity contribution is 0.350. The Balaban J connectivity index is 1.79. The van der Waals surface area contributed by atoms with Gasteiger partial charge >= 0.3 is 0 Å². The molecule has 2 rings (SSSR count). The van der Waals surface area contributed by atoms with E-state index in [0.29, 0.717) is 5.41 Å². The van der Waals surface area contributed by atoms with Crippen molar-refractivity contribution in [1.82, 2.24) is 10.6 Å². The van der Waals surface area contributed by atoms with Gasteiger partial charge in [-0.05, 0) is 43.8 Å². The van der Waals surface area contributed by atoms with E-state index in [9.17, 15) is 0 Å².